The fraction of sp³-hybridized carbons (Fsp3) is 0.238. The summed E-state index contributed by atoms with van der Waals surface area (Å²) in [4.78, 5) is 0. The first-order valence-electron chi connectivity index (χ1n) is 7.65. The molecule has 0 aliphatic rings. The standard InChI is InChI=1S/C21H24/c1-3-19(14-15-20-10-6-4-7-11-20)16-18(2)17-21-12-8-5-9-13-21/h3-13,19H,1-2,14-17H2/t19-/m1/s1. The fourth-order valence-corrected chi connectivity index (χ4v) is 2.63. The number of aryl methyl sites for hydroxylation is 1. The molecular weight excluding hydrogens is 252 g/mol. The maximum absolute atomic E-state index is 4.24. The van der Waals surface area contributed by atoms with Crippen LogP contribution in [0.15, 0.2) is 85.5 Å². The maximum Gasteiger partial charge on any atom is -0.00696 e. The zero-order valence-corrected chi connectivity index (χ0v) is 12.7. The lowest BCUT2D eigenvalue weighted by Crippen LogP contribution is -2.02. The van der Waals surface area contributed by atoms with E-state index in [0.717, 1.165) is 25.7 Å². The highest BCUT2D eigenvalue weighted by molar-refractivity contribution is 5.21. The van der Waals surface area contributed by atoms with Crippen molar-refractivity contribution in [1.82, 2.24) is 0 Å². The van der Waals surface area contributed by atoms with E-state index in [0.29, 0.717) is 5.92 Å². The van der Waals surface area contributed by atoms with Crippen LogP contribution in [0.4, 0.5) is 0 Å². The molecule has 0 aromatic heterocycles. The minimum Gasteiger partial charge on any atom is -0.103 e. The van der Waals surface area contributed by atoms with Crippen molar-refractivity contribution in [2.45, 2.75) is 25.7 Å². The van der Waals surface area contributed by atoms with Gasteiger partial charge in [0.25, 0.3) is 0 Å². The second kappa shape index (κ2) is 8.26. The van der Waals surface area contributed by atoms with Crippen LogP contribution >= 0.6 is 0 Å². The molecule has 0 spiro atoms. The second-order valence-corrected chi connectivity index (χ2v) is 5.64. The summed E-state index contributed by atoms with van der Waals surface area (Å²) >= 11 is 0. The van der Waals surface area contributed by atoms with Crippen molar-refractivity contribution in [3.05, 3.63) is 96.6 Å². The smallest absolute Gasteiger partial charge is 0.00696 e. The lowest BCUT2D eigenvalue weighted by Gasteiger charge is -2.14. The first-order chi connectivity index (χ1) is 10.3. The molecule has 0 unspecified atom stereocenters. The third-order valence-corrected chi connectivity index (χ3v) is 3.83. The van der Waals surface area contributed by atoms with Gasteiger partial charge in [-0.3, -0.25) is 0 Å². The summed E-state index contributed by atoms with van der Waals surface area (Å²) in [5, 5.41) is 0. The van der Waals surface area contributed by atoms with Gasteiger partial charge in [0.15, 0.2) is 0 Å². The van der Waals surface area contributed by atoms with Crippen LogP contribution in [0.25, 0.3) is 0 Å². The molecule has 0 nitrogen and oxygen atoms in total. The molecule has 0 saturated carbocycles. The van der Waals surface area contributed by atoms with E-state index < -0.39 is 0 Å². The Bertz CT molecular complexity index is 551. The van der Waals surface area contributed by atoms with Gasteiger partial charge >= 0.3 is 0 Å². The van der Waals surface area contributed by atoms with Crippen molar-refractivity contribution in [2.75, 3.05) is 0 Å². The molecule has 0 amide bonds. The van der Waals surface area contributed by atoms with E-state index in [1.54, 1.807) is 0 Å². The van der Waals surface area contributed by atoms with Crippen molar-refractivity contribution < 1.29 is 0 Å². The highest BCUT2D eigenvalue weighted by atomic mass is 14.1. The largest absolute Gasteiger partial charge is 0.103 e. The predicted octanol–water partition coefficient (Wildman–Crippen LogP) is 5.61. The molecule has 0 radical (unpaired) electrons. The number of rotatable bonds is 8. The zero-order chi connectivity index (χ0) is 14.9. The Hall–Kier alpha value is -2.08. The third-order valence-electron chi connectivity index (χ3n) is 3.83. The average Bonchev–Trinajstić information content (AvgIpc) is 2.53. The van der Waals surface area contributed by atoms with Gasteiger partial charge in [-0.05, 0) is 42.7 Å². The average molecular weight is 276 g/mol. The van der Waals surface area contributed by atoms with Crippen molar-refractivity contribution >= 4 is 0 Å². The molecule has 0 heteroatoms. The number of hydrogen-bond donors (Lipinski definition) is 0. The van der Waals surface area contributed by atoms with Crippen LogP contribution in [0.3, 0.4) is 0 Å². The van der Waals surface area contributed by atoms with E-state index >= 15 is 0 Å². The predicted molar refractivity (Wildman–Crippen MR) is 92.4 cm³/mol. The molecule has 2 rings (SSSR count). The Morgan fingerprint density at radius 3 is 2.05 bits per heavy atom. The van der Waals surface area contributed by atoms with Crippen LogP contribution < -0.4 is 0 Å². The number of benzene rings is 2. The van der Waals surface area contributed by atoms with E-state index in [-0.39, 0.29) is 0 Å². The summed E-state index contributed by atoms with van der Waals surface area (Å²) in [7, 11) is 0. The van der Waals surface area contributed by atoms with E-state index in [9.17, 15) is 0 Å². The first kappa shape index (κ1) is 15.3. The Morgan fingerprint density at radius 1 is 0.905 bits per heavy atom. The lowest BCUT2D eigenvalue weighted by molar-refractivity contribution is 0.581. The van der Waals surface area contributed by atoms with E-state index in [2.05, 4.69) is 79.9 Å². The van der Waals surface area contributed by atoms with Crippen molar-refractivity contribution in [3.63, 3.8) is 0 Å². The summed E-state index contributed by atoms with van der Waals surface area (Å²) in [5.74, 6) is 0.515. The van der Waals surface area contributed by atoms with Gasteiger partial charge in [-0.2, -0.15) is 0 Å². The van der Waals surface area contributed by atoms with Crippen LogP contribution in [0.1, 0.15) is 24.0 Å². The SMILES string of the molecule is C=C[C@H](CCc1ccccc1)CC(=C)Cc1ccccc1. The molecule has 0 fully saturated rings. The van der Waals surface area contributed by atoms with Gasteiger partial charge < -0.3 is 0 Å². The molecule has 0 bridgehead atoms. The zero-order valence-electron chi connectivity index (χ0n) is 12.7. The molecule has 21 heavy (non-hydrogen) atoms. The fourth-order valence-electron chi connectivity index (χ4n) is 2.63. The topological polar surface area (TPSA) is 0 Å². The van der Waals surface area contributed by atoms with Gasteiger partial charge in [0.05, 0.1) is 0 Å². The summed E-state index contributed by atoms with van der Waals surface area (Å²) in [6.45, 7) is 8.24. The minimum absolute atomic E-state index is 0.515. The first-order valence-corrected chi connectivity index (χ1v) is 7.65. The van der Waals surface area contributed by atoms with Crippen LogP contribution in [-0.2, 0) is 12.8 Å². The highest BCUT2D eigenvalue weighted by Crippen LogP contribution is 2.20. The number of hydrogen-bond acceptors (Lipinski definition) is 0. The molecule has 2 aromatic carbocycles. The molecular formula is C21H24. The maximum atomic E-state index is 4.24. The Morgan fingerprint density at radius 2 is 1.48 bits per heavy atom. The van der Waals surface area contributed by atoms with Crippen LogP contribution in [0.2, 0.25) is 0 Å². The quantitative estimate of drug-likeness (QED) is 0.550. The molecule has 0 N–H and O–H groups in total. The number of allylic oxidation sites excluding steroid dienone is 2. The molecule has 0 aliphatic heterocycles. The summed E-state index contributed by atoms with van der Waals surface area (Å²) < 4.78 is 0. The molecule has 0 heterocycles. The molecule has 108 valence electrons. The third kappa shape index (κ3) is 5.43. The summed E-state index contributed by atoms with van der Waals surface area (Å²) in [6.07, 6.45) is 6.33. The summed E-state index contributed by atoms with van der Waals surface area (Å²) in [5.41, 5.74) is 4.03. The monoisotopic (exact) mass is 276 g/mol. The van der Waals surface area contributed by atoms with Gasteiger partial charge in [-0.1, -0.05) is 78.9 Å². The van der Waals surface area contributed by atoms with Gasteiger partial charge in [-0.15, -0.1) is 6.58 Å². The minimum atomic E-state index is 0.515. The van der Waals surface area contributed by atoms with E-state index in [1.165, 1.54) is 16.7 Å². The normalized spacial score (nSPS) is 11.8. The van der Waals surface area contributed by atoms with Gasteiger partial charge in [0.2, 0.25) is 0 Å². The van der Waals surface area contributed by atoms with E-state index in [4.69, 9.17) is 0 Å². The Kier molecular flexibility index (Phi) is 6.02. The van der Waals surface area contributed by atoms with Gasteiger partial charge in [0, 0.05) is 0 Å². The highest BCUT2D eigenvalue weighted by Gasteiger charge is 2.07. The van der Waals surface area contributed by atoms with Gasteiger partial charge in [0.1, 0.15) is 0 Å². The van der Waals surface area contributed by atoms with Gasteiger partial charge in [-0.25, -0.2) is 0 Å². The lowest BCUT2D eigenvalue weighted by atomic mass is 9.91. The molecule has 2 aromatic rings. The summed E-state index contributed by atoms with van der Waals surface area (Å²) in [6, 6.07) is 21.2. The van der Waals surface area contributed by atoms with Crippen molar-refractivity contribution in [3.8, 4) is 0 Å². The Balaban J connectivity index is 1.81. The molecule has 0 saturated heterocycles. The van der Waals surface area contributed by atoms with Crippen molar-refractivity contribution in [1.29, 1.82) is 0 Å². The Labute approximate surface area is 128 Å². The van der Waals surface area contributed by atoms with Crippen molar-refractivity contribution in [2.24, 2.45) is 5.92 Å². The van der Waals surface area contributed by atoms with Crippen LogP contribution in [-0.4, -0.2) is 0 Å². The second-order valence-electron chi connectivity index (χ2n) is 5.64. The van der Waals surface area contributed by atoms with E-state index in [1.807, 2.05) is 0 Å². The molecule has 0 aliphatic carbocycles. The molecule has 1 atom stereocenters. The van der Waals surface area contributed by atoms with Crippen LogP contribution in [0.5, 0.6) is 0 Å². The van der Waals surface area contributed by atoms with Crippen LogP contribution in [0, 0.1) is 5.92 Å².